The largest absolute Gasteiger partial charge is 0.481 e. The van der Waals surface area contributed by atoms with E-state index in [0.29, 0.717) is 48.2 Å². The number of carboxylic acid groups (broad SMARTS) is 1. The van der Waals surface area contributed by atoms with Gasteiger partial charge in [-0.2, -0.15) is 0 Å². The van der Waals surface area contributed by atoms with E-state index in [1.807, 2.05) is 19.1 Å². The minimum Gasteiger partial charge on any atom is -0.481 e. The van der Waals surface area contributed by atoms with Gasteiger partial charge in [0.15, 0.2) is 0 Å². The standard InChI is InChI=1S/C23H27N5O4S/c1-13-8-9-24-22(26-13)27-16-10-17(28-19(11-16)32-3)18-12-25-21(33-18)23(2,31)15-6-4-14(5-7-15)20(29)30/h8-12,14-15,31H,4-7H2,1-3H3,(H,29,30)(H,24,26,27,28)/t14?,15?,23-/m0/s1. The molecule has 0 saturated heterocycles. The summed E-state index contributed by atoms with van der Waals surface area (Å²) in [5.41, 5.74) is 1.08. The Morgan fingerprint density at radius 3 is 2.64 bits per heavy atom. The summed E-state index contributed by atoms with van der Waals surface area (Å²) in [5, 5.41) is 24.3. The van der Waals surface area contributed by atoms with Crippen molar-refractivity contribution in [1.29, 1.82) is 0 Å². The zero-order valence-corrected chi connectivity index (χ0v) is 19.6. The van der Waals surface area contributed by atoms with Crippen LogP contribution in [-0.2, 0) is 10.4 Å². The van der Waals surface area contributed by atoms with Gasteiger partial charge in [-0.05, 0) is 57.6 Å². The number of ether oxygens (including phenoxy) is 1. The predicted octanol–water partition coefficient (Wildman–Crippen LogP) is 4.15. The summed E-state index contributed by atoms with van der Waals surface area (Å²) >= 11 is 1.38. The fraction of sp³-hybridized carbons (Fsp3) is 0.435. The number of anilines is 2. The number of thiazole rings is 1. The van der Waals surface area contributed by atoms with E-state index in [1.165, 1.54) is 11.3 Å². The molecule has 3 aromatic rings. The highest BCUT2D eigenvalue weighted by molar-refractivity contribution is 7.15. The normalized spacial score (nSPS) is 20.1. The van der Waals surface area contributed by atoms with E-state index >= 15 is 0 Å². The third-order valence-corrected chi connectivity index (χ3v) is 7.37. The van der Waals surface area contributed by atoms with E-state index in [-0.39, 0.29) is 11.8 Å². The van der Waals surface area contributed by atoms with Gasteiger partial charge in [0.25, 0.3) is 0 Å². The van der Waals surface area contributed by atoms with Crippen molar-refractivity contribution in [2.24, 2.45) is 11.8 Å². The average Bonchev–Trinajstić information content (AvgIpc) is 3.30. The molecule has 174 valence electrons. The molecule has 1 atom stereocenters. The maximum atomic E-state index is 11.3. The molecule has 1 aliphatic rings. The fourth-order valence-corrected chi connectivity index (χ4v) is 5.15. The summed E-state index contributed by atoms with van der Waals surface area (Å²) in [7, 11) is 1.55. The topological polar surface area (TPSA) is 130 Å². The molecule has 1 aliphatic carbocycles. The highest BCUT2D eigenvalue weighted by Crippen LogP contribution is 2.43. The number of nitrogens with zero attached hydrogens (tertiary/aromatic N) is 4. The predicted molar refractivity (Wildman–Crippen MR) is 125 cm³/mol. The van der Waals surface area contributed by atoms with Crippen LogP contribution in [0.15, 0.2) is 30.6 Å². The third-order valence-electron chi connectivity index (χ3n) is 6.12. The number of methoxy groups -OCH3 is 1. The third kappa shape index (κ3) is 5.12. The number of carbonyl (C=O) groups is 1. The molecule has 0 amide bonds. The maximum Gasteiger partial charge on any atom is 0.306 e. The highest BCUT2D eigenvalue weighted by Gasteiger charge is 2.40. The van der Waals surface area contributed by atoms with Crippen LogP contribution in [-0.4, -0.2) is 43.2 Å². The zero-order valence-electron chi connectivity index (χ0n) is 18.8. The lowest BCUT2D eigenvalue weighted by Crippen LogP contribution is -2.35. The molecule has 1 saturated carbocycles. The van der Waals surface area contributed by atoms with Crippen LogP contribution in [0.25, 0.3) is 10.6 Å². The van der Waals surface area contributed by atoms with Crippen LogP contribution in [0.5, 0.6) is 5.88 Å². The Kier molecular flexibility index (Phi) is 6.57. The number of hydrogen-bond acceptors (Lipinski definition) is 9. The number of aryl methyl sites for hydroxylation is 1. The van der Waals surface area contributed by atoms with Crippen molar-refractivity contribution in [2.45, 2.75) is 45.1 Å². The second-order valence-electron chi connectivity index (χ2n) is 8.49. The van der Waals surface area contributed by atoms with Crippen molar-refractivity contribution in [3.05, 3.63) is 41.3 Å². The number of rotatable bonds is 7. The second kappa shape index (κ2) is 9.40. The van der Waals surface area contributed by atoms with Crippen LogP contribution in [0.1, 0.15) is 43.3 Å². The Hall–Kier alpha value is -3.11. The Morgan fingerprint density at radius 2 is 1.97 bits per heavy atom. The van der Waals surface area contributed by atoms with Gasteiger partial charge in [0.1, 0.15) is 10.6 Å². The van der Waals surface area contributed by atoms with Crippen molar-refractivity contribution in [1.82, 2.24) is 19.9 Å². The van der Waals surface area contributed by atoms with Gasteiger partial charge >= 0.3 is 5.97 Å². The van der Waals surface area contributed by atoms with Crippen LogP contribution >= 0.6 is 11.3 Å². The molecule has 10 heteroatoms. The van der Waals surface area contributed by atoms with E-state index in [9.17, 15) is 15.0 Å². The van der Waals surface area contributed by atoms with Gasteiger partial charge in [0.2, 0.25) is 11.8 Å². The van der Waals surface area contributed by atoms with Crippen molar-refractivity contribution in [3.63, 3.8) is 0 Å². The van der Waals surface area contributed by atoms with Gasteiger partial charge in [-0.15, -0.1) is 11.3 Å². The van der Waals surface area contributed by atoms with Gasteiger partial charge in [-0.25, -0.2) is 19.9 Å². The first-order chi connectivity index (χ1) is 15.8. The summed E-state index contributed by atoms with van der Waals surface area (Å²) in [4.78, 5) is 29.7. The van der Waals surface area contributed by atoms with Crippen LogP contribution < -0.4 is 10.1 Å². The number of nitrogens with one attached hydrogen (secondary N) is 1. The molecule has 0 aromatic carbocycles. The van der Waals surface area contributed by atoms with E-state index in [0.717, 1.165) is 16.3 Å². The van der Waals surface area contributed by atoms with Gasteiger partial charge in [0, 0.05) is 29.8 Å². The molecule has 0 spiro atoms. The van der Waals surface area contributed by atoms with Crippen molar-refractivity contribution >= 4 is 28.9 Å². The van der Waals surface area contributed by atoms with Crippen molar-refractivity contribution in [3.8, 4) is 16.5 Å². The Labute approximate surface area is 195 Å². The number of aromatic nitrogens is 4. The molecule has 9 nitrogen and oxygen atoms in total. The number of aliphatic hydroxyl groups is 1. The van der Waals surface area contributed by atoms with Crippen LogP contribution in [0.4, 0.5) is 11.6 Å². The SMILES string of the molecule is COc1cc(Nc2nccc(C)n2)cc(-c2cnc([C@@](C)(O)C3CCC(C(=O)O)CC3)s2)n1. The Balaban J connectivity index is 1.56. The molecule has 0 radical (unpaired) electrons. The number of pyridine rings is 1. The van der Waals surface area contributed by atoms with E-state index < -0.39 is 11.6 Å². The minimum atomic E-state index is -1.14. The quantitative estimate of drug-likeness (QED) is 0.467. The van der Waals surface area contributed by atoms with E-state index in [1.54, 1.807) is 32.5 Å². The van der Waals surface area contributed by atoms with E-state index in [4.69, 9.17) is 4.74 Å². The summed E-state index contributed by atoms with van der Waals surface area (Å²) in [5.74, 6) is -0.223. The Bertz CT molecular complexity index is 1140. The summed E-state index contributed by atoms with van der Waals surface area (Å²) < 4.78 is 5.37. The summed E-state index contributed by atoms with van der Waals surface area (Å²) in [6.45, 7) is 3.66. The first-order valence-electron chi connectivity index (χ1n) is 10.8. The molecule has 3 N–H and O–H groups in total. The molecule has 3 heterocycles. The van der Waals surface area contributed by atoms with Gasteiger partial charge in [0.05, 0.1) is 23.6 Å². The van der Waals surface area contributed by atoms with E-state index in [2.05, 4.69) is 25.3 Å². The molecule has 0 bridgehead atoms. The fourth-order valence-electron chi connectivity index (χ4n) is 4.15. The van der Waals surface area contributed by atoms with Crippen LogP contribution in [0, 0.1) is 18.8 Å². The van der Waals surface area contributed by atoms with Crippen LogP contribution in [0.2, 0.25) is 0 Å². The smallest absolute Gasteiger partial charge is 0.306 e. The lowest BCUT2D eigenvalue weighted by molar-refractivity contribution is -0.144. The number of carboxylic acids is 1. The number of aliphatic carboxylic acids is 1. The lowest BCUT2D eigenvalue weighted by Gasteiger charge is -2.35. The molecule has 0 unspecified atom stereocenters. The molecular weight excluding hydrogens is 442 g/mol. The molecule has 3 aromatic heterocycles. The summed E-state index contributed by atoms with van der Waals surface area (Å²) in [6, 6.07) is 5.44. The monoisotopic (exact) mass is 469 g/mol. The zero-order chi connectivity index (χ0) is 23.6. The Morgan fingerprint density at radius 1 is 1.21 bits per heavy atom. The lowest BCUT2D eigenvalue weighted by atomic mass is 9.74. The summed E-state index contributed by atoms with van der Waals surface area (Å²) in [6.07, 6.45) is 5.84. The molecule has 0 aliphatic heterocycles. The first kappa shape index (κ1) is 23.1. The second-order valence-corrected chi connectivity index (χ2v) is 9.52. The van der Waals surface area contributed by atoms with Crippen LogP contribution in [0.3, 0.4) is 0 Å². The molecular formula is C23H27N5O4S. The maximum absolute atomic E-state index is 11.3. The molecule has 4 rings (SSSR count). The van der Waals surface area contributed by atoms with Crippen molar-refractivity contribution in [2.75, 3.05) is 12.4 Å². The molecule has 1 fully saturated rings. The first-order valence-corrected chi connectivity index (χ1v) is 11.6. The van der Waals surface area contributed by atoms with Gasteiger partial charge in [-0.3, -0.25) is 4.79 Å². The average molecular weight is 470 g/mol. The van der Waals surface area contributed by atoms with Crippen molar-refractivity contribution < 1.29 is 19.7 Å². The molecule has 33 heavy (non-hydrogen) atoms. The minimum absolute atomic E-state index is 0.0407. The number of hydrogen-bond donors (Lipinski definition) is 3. The highest BCUT2D eigenvalue weighted by atomic mass is 32.1. The van der Waals surface area contributed by atoms with Gasteiger partial charge < -0.3 is 20.3 Å². The van der Waals surface area contributed by atoms with Gasteiger partial charge in [-0.1, -0.05) is 0 Å².